The number of hydrogen-bond donors (Lipinski definition) is 2. The fraction of sp³-hybridized carbons (Fsp3) is 0.0588. The van der Waals surface area contributed by atoms with Crippen LogP contribution in [0.2, 0.25) is 5.02 Å². The first-order valence-electron chi connectivity index (χ1n) is 7.07. The van der Waals surface area contributed by atoms with E-state index in [-0.39, 0.29) is 5.91 Å². The van der Waals surface area contributed by atoms with E-state index in [1.54, 1.807) is 49.7 Å². The number of aromatic nitrogens is 1. The van der Waals surface area contributed by atoms with Crippen LogP contribution in [0.15, 0.2) is 54.0 Å². The zero-order valence-corrected chi connectivity index (χ0v) is 14.3. The molecule has 0 saturated heterocycles. The molecule has 2 aromatic heterocycles. The number of pyridine rings is 1. The molecule has 0 saturated carbocycles. The average molecular weight is 360 g/mol. The summed E-state index contributed by atoms with van der Waals surface area (Å²) < 4.78 is 5.29. The lowest BCUT2D eigenvalue weighted by Crippen LogP contribution is -2.10. The number of carbonyl (C=O) groups is 1. The number of anilines is 3. The minimum Gasteiger partial charge on any atom is -0.495 e. The Kier molecular flexibility index (Phi) is 4.98. The molecule has 3 aromatic rings. The van der Waals surface area contributed by atoms with Gasteiger partial charge in [0.1, 0.15) is 11.6 Å². The third kappa shape index (κ3) is 3.84. The molecule has 3 rings (SSSR count). The number of nitrogens with one attached hydrogen (secondary N) is 2. The molecule has 0 unspecified atom stereocenters. The molecule has 1 aromatic carbocycles. The highest BCUT2D eigenvalue weighted by molar-refractivity contribution is 7.12. The van der Waals surface area contributed by atoms with Gasteiger partial charge in [-0.2, -0.15) is 0 Å². The van der Waals surface area contributed by atoms with Crippen LogP contribution in [0.25, 0.3) is 0 Å². The van der Waals surface area contributed by atoms with Gasteiger partial charge in [0, 0.05) is 5.02 Å². The van der Waals surface area contributed by atoms with Crippen molar-refractivity contribution < 1.29 is 9.53 Å². The minimum absolute atomic E-state index is 0.149. The minimum atomic E-state index is -0.149. The van der Waals surface area contributed by atoms with Gasteiger partial charge in [0.2, 0.25) is 0 Å². The quantitative estimate of drug-likeness (QED) is 0.686. The van der Waals surface area contributed by atoms with Gasteiger partial charge in [0.05, 0.1) is 29.6 Å². The van der Waals surface area contributed by atoms with Gasteiger partial charge in [-0.1, -0.05) is 17.7 Å². The second-order valence-corrected chi connectivity index (χ2v) is 6.22. The molecule has 0 aliphatic carbocycles. The Morgan fingerprint density at radius 3 is 2.79 bits per heavy atom. The molecule has 0 bridgehead atoms. The van der Waals surface area contributed by atoms with Gasteiger partial charge in [-0.15, -0.1) is 11.3 Å². The van der Waals surface area contributed by atoms with Crippen LogP contribution in [0, 0.1) is 0 Å². The van der Waals surface area contributed by atoms with Crippen molar-refractivity contribution >= 4 is 46.0 Å². The highest BCUT2D eigenvalue weighted by Crippen LogP contribution is 2.30. The fourth-order valence-electron chi connectivity index (χ4n) is 2.06. The molecule has 0 spiro atoms. The van der Waals surface area contributed by atoms with E-state index < -0.39 is 0 Å². The van der Waals surface area contributed by atoms with Gasteiger partial charge in [0.25, 0.3) is 5.91 Å². The topological polar surface area (TPSA) is 63.2 Å². The summed E-state index contributed by atoms with van der Waals surface area (Å²) in [7, 11) is 1.59. The number of benzene rings is 1. The lowest BCUT2D eigenvalue weighted by molar-refractivity contribution is 0.103. The van der Waals surface area contributed by atoms with Crippen LogP contribution in [0.5, 0.6) is 5.75 Å². The summed E-state index contributed by atoms with van der Waals surface area (Å²) in [6, 6.07) is 12.4. The van der Waals surface area contributed by atoms with Crippen LogP contribution in [-0.4, -0.2) is 18.0 Å². The lowest BCUT2D eigenvalue weighted by atomic mass is 10.3. The van der Waals surface area contributed by atoms with Gasteiger partial charge in [0.15, 0.2) is 0 Å². The Labute approximate surface area is 148 Å². The maximum atomic E-state index is 12.0. The Balaban J connectivity index is 1.71. The summed E-state index contributed by atoms with van der Waals surface area (Å²) in [4.78, 5) is 16.9. The molecular formula is C17H14ClN3O2S. The molecule has 0 atom stereocenters. The Bertz CT molecular complexity index is 836. The van der Waals surface area contributed by atoms with Crippen molar-refractivity contribution in [1.29, 1.82) is 0 Å². The van der Waals surface area contributed by atoms with Crippen molar-refractivity contribution in [1.82, 2.24) is 4.98 Å². The molecule has 122 valence electrons. The molecule has 24 heavy (non-hydrogen) atoms. The molecule has 2 N–H and O–H groups in total. The molecule has 0 radical (unpaired) electrons. The van der Waals surface area contributed by atoms with Crippen molar-refractivity contribution in [2.24, 2.45) is 0 Å². The van der Waals surface area contributed by atoms with Gasteiger partial charge < -0.3 is 15.4 Å². The number of methoxy groups -OCH3 is 1. The van der Waals surface area contributed by atoms with Crippen LogP contribution in [0.1, 0.15) is 9.67 Å². The van der Waals surface area contributed by atoms with E-state index >= 15 is 0 Å². The van der Waals surface area contributed by atoms with Gasteiger partial charge in [-0.05, 0) is 41.8 Å². The van der Waals surface area contributed by atoms with Crippen molar-refractivity contribution in [2.45, 2.75) is 0 Å². The van der Waals surface area contributed by atoms with Gasteiger partial charge in [-0.3, -0.25) is 4.79 Å². The van der Waals surface area contributed by atoms with E-state index in [9.17, 15) is 4.79 Å². The first-order valence-corrected chi connectivity index (χ1v) is 8.33. The number of hydrogen-bond acceptors (Lipinski definition) is 5. The predicted molar refractivity (Wildman–Crippen MR) is 97.8 cm³/mol. The molecule has 1 amide bonds. The first kappa shape index (κ1) is 16.3. The molecule has 0 aliphatic heterocycles. The Hall–Kier alpha value is -2.57. The number of halogens is 1. The van der Waals surface area contributed by atoms with Crippen LogP contribution >= 0.6 is 22.9 Å². The zero-order chi connectivity index (χ0) is 16.9. The molecular weight excluding hydrogens is 346 g/mol. The average Bonchev–Trinajstić information content (AvgIpc) is 3.11. The number of rotatable bonds is 5. The van der Waals surface area contributed by atoms with E-state index in [2.05, 4.69) is 15.6 Å². The molecule has 7 heteroatoms. The van der Waals surface area contributed by atoms with E-state index in [0.717, 1.165) is 0 Å². The van der Waals surface area contributed by atoms with E-state index in [1.165, 1.54) is 11.3 Å². The molecule has 0 fully saturated rings. The summed E-state index contributed by atoms with van der Waals surface area (Å²) in [6.45, 7) is 0. The fourth-order valence-corrected chi connectivity index (χ4v) is 2.85. The maximum Gasteiger partial charge on any atom is 0.265 e. The Morgan fingerprint density at radius 1 is 1.25 bits per heavy atom. The first-order chi connectivity index (χ1) is 11.7. The van der Waals surface area contributed by atoms with Crippen LogP contribution in [0.4, 0.5) is 17.2 Å². The number of amides is 1. The second kappa shape index (κ2) is 7.33. The van der Waals surface area contributed by atoms with Crippen LogP contribution in [-0.2, 0) is 0 Å². The zero-order valence-electron chi connectivity index (χ0n) is 12.7. The Morgan fingerprint density at radius 2 is 2.12 bits per heavy atom. The number of thiophene rings is 1. The third-order valence-electron chi connectivity index (χ3n) is 3.19. The van der Waals surface area contributed by atoms with Gasteiger partial charge in [-0.25, -0.2) is 4.98 Å². The van der Waals surface area contributed by atoms with Crippen molar-refractivity contribution in [3.05, 3.63) is 63.9 Å². The summed E-state index contributed by atoms with van der Waals surface area (Å²) in [5, 5.41) is 8.40. The van der Waals surface area contributed by atoms with E-state index in [0.29, 0.717) is 32.8 Å². The summed E-state index contributed by atoms with van der Waals surface area (Å²) in [6.07, 6.45) is 1.59. The largest absolute Gasteiger partial charge is 0.495 e. The van der Waals surface area contributed by atoms with Crippen molar-refractivity contribution in [3.63, 3.8) is 0 Å². The highest BCUT2D eigenvalue weighted by atomic mass is 35.5. The predicted octanol–water partition coefficient (Wildman–Crippen LogP) is 4.80. The number of ether oxygens (including phenoxy) is 1. The van der Waals surface area contributed by atoms with E-state index in [4.69, 9.17) is 16.3 Å². The highest BCUT2D eigenvalue weighted by Gasteiger charge is 2.08. The van der Waals surface area contributed by atoms with Gasteiger partial charge >= 0.3 is 0 Å². The SMILES string of the molecule is COc1ccc(Cl)cc1Nc1ccc(NC(=O)c2cccs2)cn1. The molecule has 2 heterocycles. The van der Waals surface area contributed by atoms with Crippen molar-refractivity contribution in [3.8, 4) is 5.75 Å². The number of carbonyl (C=O) groups excluding carboxylic acids is 1. The van der Waals surface area contributed by atoms with Crippen molar-refractivity contribution in [2.75, 3.05) is 17.7 Å². The normalized spacial score (nSPS) is 10.2. The van der Waals surface area contributed by atoms with E-state index in [1.807, 2.05) is 11.4 Å². The standard InChI is InChI=1S/C17H14ClN3O2S/c1-23-14-6-4-11(18)9-13(14)21-16-7-5-12(10-19-16)20-17(22)15-3-2-8-24-15/h2-10H,1H3,(H,19,21)(H,20,22). The molecule has 5 nitrogen and oxygen atoms in total. The van der Waals surface area contributed by atoms with Crippen LogP contribution < -0.4 is 15.4 Å². The summed E-state index contributed by atoms with van der Waals surface area (Å²) in [5.74, 6) is 1.13. The molecule has 0 aliphatic rings. The summed E-state index contributed by atoms with van der Waals surface area (Å²) >= 11 is 7.40. The smallest absolute Gasteiger partial charge is 0.265 e. The monoisotopic (exact) mass is 359 g/mol. The third-order valence-corrected chi connectivity index (χ3v) is 4.29. The summed E-state index contributed by atoms with van der Waals surface area (Å²) in [5.41, 5.74) is 1.34. The maximum absolute atomic E-state index is 12.0. The second-order valence-electron chi connectivity index (χ2n) is 4.83. The number of nitrogens with zero attached hydrogens (tertiary/aromatic N) is 1. The lowest BCUT2D eigenvalue weighted by Gasteiger charge is -2.11. The van der Waals surface area contributed by atoms with Crippen LogP contribution in [0.3, 0.4) is 0 Å².